The number of ether oxygens (including phenoxy) is 1. The fourth-order valence-electron chi connectivity index (χ4n) is 2.54. The number of benzene rings is 2. The molecule has 0 aliphatic heterocycles. The summed E-state index contributed by atoms with van der Waals surface area (Å²) in [5.74, 6) is -0.482. The third kappa shape index (κ3) is 6.53. The highest BCUT2D eigenvalue weighted by molar-refractivity contribution is 7.89. The van der Waals surface area contributed by atoms with Crippen molar-refractivity contribution in [3.8, 4) is 5.75 Å². The first-order valence-corrected chi connectivity index (χ1v) is 9.54. The van der Waals surface area contributed by atoms with Crippen molar-refractivity contribution in [2.75, 3.05) is 20.6 Å². The van der Waals surface area contributed by atoms with Crippen LogP contribution < -0.4 is 9.46 Å². The molecule has 148 valence electrons. The van der Waals surface area contributed by atoms with Crippen LogP contribution in [-0.4, -0.2) is 40.3 Å². The lowest BCUT2D eigenvalue weighted by molar-refractivity contribution is -0.274. The topological polar surface area (TPSA) is 58.6 Å². The van der Waals surface area contributed by atoms with E-state index in [-0.39, 0.29) is 4.90 Å². The monoisotopic (exact) mass is 402 g/mol. The van der Waals surface area contributed by atoms with Crippen LogP contribution in [0.1, 0.15) is 17.2 Å². The molecule has 0 amide bonds. The number of alkyl halides is 3. The Bertz CT molecular complexity index is 866. The smallest absolute Gasteiger partial charge is 0.406 e. The zero-order valence-corrected chi connectivity index (χ0v) is 15.9. The van der Waals surface area contributed by atoms with Crippen LogP contribution in [0.25, 0.3) is 0 Å². The molecular formula is C18H21F3N2O3S. The van der Waals surface area contributed by atoms with Gasteiger partial charge in [-0.15, -0.1) is 13.2 Å². The maximum atomic E-state index is 12.7. The van der Waals surface area contributed by atoms with Gasteiger partial charge < -0.3 is 9.64 Å². The highest BCUT2D eigenvalue weighted by atomic mass is 32.2. The molecular weight excluding hydrogens is 381 g/mol. The second kappa shape index (κ2) is 8.28. The first-order valence-electron chi connectivity index (χ1n) is 8.06. The third-order valence-corrected chi connectivity index (χ3v) is 5.14. The van der Waals surface area contributed by atoms with E-state index >= 15 is 0 Å². The van der Waals surface area contributed by atoms with Gasteiger partial charge in [0.05, 0.1) is 10.9 Å². The molecule has 0 saturated carbocycles. The van der Waals surface area contributed by atoms with Crippen LogP contribution in [0.4, 0.5) is 13.2 Å². The Balaban J connectivity index is 2.25. The molecule has 0 spiro atoms. The predicted molar refractivity (Wildman–Crippen MR) is 95.9 cm³/mol. The third-order valence-electron chi connectivity index (χ3n) is 3.66. The number of hydrogen-bond acceptors (Lipinski definition) is 4. The summed E-state index contributed by atoms with van der Waals surface area (Å²) in [7, 11) is -0.300. The molecule has 1 N–H and O–H groups in total. The molecule has 0 heterocycles. The first-order chi connectivity index (χ1) is 12.5. The van der Waals surface area contributed by atoms with Crippen LogP contribution in [0.15, 0.2) is 53.4 Å². The van der Waals surface area contributed by atoms with Gasteiger partial charge in [-0.05, 0) is 50.8 Å². The Morgan fingerprint density at radius 2 is 1.74 bits per heavy atom. The molecule has 2 aromatic rings. The summed E-state index contributed by atoms with van der Waals surface area (Å²) in [6.07, 6.45) is -4.83. The zero-order valence-electron chi connectivity index (χ0n) is 15.1. The minimum Gasteiger partial charge on any atom is -0.406 e. The van der Waals surface area contributed by atoms with Gasteiger partial charge in [0, 0.05) is 6.54 Å². The van der Waals surface area contributed by atoms with Crippen molar-refractivity contribution >= 4 is 10.0 Å². The lowest BCUT2D eigenvalue weighted by Crippen LogP contribution is -2.35. The van der Waals surface area contributed by atoms with Crippen LogP contribution in [0, 0.1) is 6.92 Å². The molecule has 0 aromatic heterocycles. The Morgan fingerprint density at radius 1 is 1.11 bits per heavy atom. The molecule has 2 aromatic carbocycles. The van der Waals surface area contributed by atoms with Crippen LogP contribution in [0.2, 0.25) is 0 Å². The van der Waals surface area contributed by atoms with Crippen molar-refractivity contribution in [1.82, 2.24) is 9.62 Å². The Kier molecular flexibility index (Phi) is 6.50. The van der Waals surface area contributed by atoms with Crippen molar-refractivity contribution in [2.24, 2.45) is 0 Å². The summed E-state index contributed by atoms with van der Waals surface area (Å²) in [6, 6.07) is 11.0. The number of likely N-dealkylation sites (N-methyl/N-ethyl adjacent to an activating group) is 1. The molecule has 9 heteroatoms. The number of rotatable bonds is 7. The van der Waals surface area contributed by atoms with Gasteiger partial charge in [-0.1, -0.05) is 29.8 Å². The summed E-state index contributed by atoms with van der Waals surface area (Å²) >= 11 is 0. The molecule has 0 unspecified atom stereocenters. The molecule has 1 atom stereocenters. The SMILES string of the molecule is Cc1cccc([C@H](CN(C)C)NS(=O)(=O)c2ccc(OC(F)(F)F)cc2)c1. The van der Waals surface area contributed by atoms with E-state index in [2.05, 4.69) is 9.46 Å². The predicted octanol–water partition coefficient (Wildman–Crippen LogP) is 3.47. The van der Waals surface area contributed by atoms with Crippen molar-refractivity contribution in [1.29, 1.82) is 0 Å². The van der Waals surface area contributed by atoms with E-state index in [4.69, 9.17) is 0 Å². The molecule has 27 heavy (non-hydrogen) atoms. The van der Waals surface area contributed by atoms with E-state index < -0.39 is 28.2 Å². The van der Waals surface area contributed by atoms with Crippen LogP contribution in [0.3, 0.4) is 0 Å². The lowest BCUT2D eigenvalue weighted by Gasteiger charge is -2.23. The summed E-state index contributed by atoms with van der Waals surface area (Å²) < 4.78 is 68.5. The van der Waals surface area contributed by atoms with Crippen LogP contribution >= 0.6 is 0 Å². The van der Waals surface area contributed by atoms with Crippen molar-refractivity contribution in [2.45, 2.75) is 24.2 Å². The Morgan fingerprint density at radius 3 is 2.26 bits per heavy atom. The maximum Gasteiger partial charge on any atom is 0.573 e. The fraction of sp³-hybridized carbons (Fsp3) is 0.333. The molecule has 0 aliphatic rings. The number of sulfonamides is 1. The van der Waals surface area contributed by atoms with Gasteiger partial charge in [0.15, 0.2) is 0 Å². The van der Waals surface area contributed by atoms with E-state index in [0.29, 0.717) is 6.54 Å². The highest BCUT2D eigenvalue weighted by Gasteiger charge is 2.31. The van der Waals surface area contributed by atoms with Gasteiger partial charge in [-0.25, -0.2) is 13.1 Å². The number of hydrogen-bond donors (Lipinski definition) is 1. The standard InChI is InChI=1S/C18H21F3N2O3S/c1-13-5-4-6-14(11-13)17(12-23(2)3)22-27(24,25)16-9-7-15(8-10-16)26-18(19,20)21/h4-11,17,22H,12H2,1-3H3/t17-/m0/s1. The summed E-state index contributed by atoms with van der Waals surface area (Å²) in [5, 5.41) is 0. The second-order valence-electron chi connectivity index (χ2n) is 6.37. The van der Waals surface area contributed by atoms with E-state index in [0.717, 1.165) is 35.4 Å². The summed E-state index contributed by atoms with van der Waals surface area (Å²) in [6.45, 7) is 2.32. The number of nitrogens with one attached hydrogen (secondary N) is 1. The van der Waals surface area contributed by atoms with Gasteiger partial charge in [0.25, 0.3) is 0 Å². The molecule has 0 aliphatic carbocycles. The van der Waals surface area contributed by atoms with Crippen molar-refractivity contribution < 1.29 is 26.3 Å². The van der Waals surface area contributed by atoms with Crippen LogP contribution in [0.5, 0.6) is 5.75 Å². The first kappa shape index (κ1) is 21.2. The zero-order chi connectivity index (χ0) is 20.2. The Labute approximate surface area is 156 Å². The van der Waals surface area contributed by atoms with Gasteiger partial charge >= 0.3 is 6.36 Å². The minimum absolute atomic E-state index is 0.145. The highest BCUT2D eigenvalue weighted by Crippen LogP contribution is 2.25. The second-order valence-corrected chi connectivity index (χ2v) is 8.08. The average Bonchev–Trinajstić information content (AvgIpc) is 2.52. The Hall–Kier alpha value is -2.10. The van der Waals surface area contributed by atoms with E-state index in [1.807, 2.05) is 50.2 Å². The minimum atomic E-state index is -4.83. The van der Waals surface area contributed by atoms with Gasteiger partial charge in [-0.3, -0.25) is 0 Å². The van der Waals surface area contributed by atoms with E-state index in [1.54, 1.807) is 0 Å². The summed E-state index contributed by atoms with van der Waals surface area (Å²) in [4.78, 5) is 1.70. The molecule has 0 bridgehead atoms. The van der Waals surface area contributed by atoms with Crippen molar-refractivity contribution in [3.05, 3.63) is 59.7 Å². The van der Waals surface area contributed by atoms with E-state index in [9.17, 15) is 21.6 Å². The van der Waals surface area contributed by atoms with Gasteiger partial charge in [0.1, 0.15) is 5.75 Å². The normalized spacial score (nSPS) is 13.6. The summed E-state index contributed by atoms with van der Waals surface area (Å²) in [5.41, 5.74) is 1.79. The molecule has 0 radical (unpaired) electrons. The molecule has 2 rings (SSSR count). The average molecular weight is 402 g/mol. The fourth-order valence-corrected chi connectivity index (χ4v) is 3.75. The van der Waals surface area contributed by atoms with Crippen molar-refractivity contribution in [3.63, 3.8) is 0 Å². The molecule has 0 saturated heterocycles. The lowest BCUT2D eigenvalue weighted by atomic mass is 10.1. The maximum absolute atomic E-state index is 12.7. The number of halogens is 3. The number of aryl methyl sites for hydroxylation is 1. The van der Waals surface area contributed by atoms with Gasteiger partial charge in [0.2, 0.25) is 10.0 Å². The quantitative estimate of drug-likeness (QED) is 0.771. The van der Waals surface area contributed by atoms with E-state index in [1.165, 1.54) is 0 Å². The molecule has 5 nitrogen and oxygen atoms in total. The molecule has 0 fully saturated rings. The van der Waals surface area contributed by atoms with Gasteiger partial charge in [-0.2, -0.15) is 0 Å². The van der Waals surface area contributed by atoms with Crippen LogP contribution in [-0.2, 0) is 10.0 Å². The number of nitrogens with zero attached hydrogens (tertiary/aromatic N) is 1. The largest absolute Gasteiger partial charge is 0.573 e.